The quantitative estimate of drug-likeness (QED) is 0.119. The van der Waals surface area contributed by atoms with Crippen molar-refractivity contribution in [1.29, 1.82) is 0 Å². The molecule has 3 aromatic carbocycles. The molecule has 9 heteroatoms. The number of aromatic nitrogens is 1. The molecule has 43 heavy (non-hydrogen) atoms. The Kier molecular flexibility index (Phi) is 9.84. The molecule has 0 saturated carbocycles. The highest BCUT2D eigenvalue weighted by Gasteiger charge is 2.33. The SMILES string of the molecule is CCCCOc1ccc(C=c2sc3n(c2=O)C(c2ccc(SC)cc2)C(C(=O)OCc2ccccc2)=C(C)N=3)cc1OC. The predicted octanol–water partition coefficient (Wildman–Crippen LogP) is 5.89. The Morgan fingerprint density at radius 2 is 1.84 bits per heavy atom. The van der Waals surface area contributed by atoms with Crippen LogP contribution in [0.1, 0.15) is 49.4 Å². The Hall–Kier alpha value is -4.08. The molecule has 7 nitrogen and oxygen atoms in total. The zero-order valence-electron chi connectivity index (χ0n) is 24.7. The number of ether oxygens (including phenoxy) is 3. The Balaban J connectivity index is 1.56. The van der Waals surface area contributed by atoms with Gasteiger partial charge in [-0.15, -0.1) is 11.8 Å². The van der Waals surface area contributed by atoms with E-state index >= 15 is 0 Å². The topological polar surface area (TPSA) is 79.1 Å². The van der Waals surface area contributed by atoms with Crippen molar-refractivity contribution in [3.8, 4) is 11.5 Å². The summed E-state index contributed by atoms with van der Waals surface area (Å²) in [6.45, 7) is 4.64. The number of carbonyl (C=O) groups excluding carboxylic acids is 1. The Morgan fingerprint density at radius 3 is 2.53 bits per heavy atom. The highest BCUT2D eigenvalue weighted by molar-refractivity contribution is 7.98. The van der Waals surface area contributed by atoms with E-state index in [1.807, 2.05) is 85.1 Å². The molecule has 4 aromatic rings. The number of methoxy groups -OCH3 is 1. The van der Waals surface area contributed by atoms with Crippen LogP contribution in [0.3, 0.4) is 0 Å². The van der Waals surface area contributed by atoms with E-state index in [1.165, 1.54) is 11.3 Å². The number of hydrogen-bond acceptors (Lipinski definition) is 8. The molecule has 1 aromatic heterocycles. The maximum Gasteiger partial charge on any atom is 0.338 e. The average molecular weight is 615 g/mol. The number of unbranched alkanes of at least 4 members (excludes halogenated alkanes) is 1. The molecule has 0 aliphatic carbocycles. The van der Waals surface area contributed by atoms with Crippen LogP contribution in [0.2, 0.25) is 0 Å². The second kappa shape index (κ2) is 13.9. The van der Waals surface area contributed by atoms with E-state index in [0.717, 1.165) is 34.4 Å². The van der Waals surface area contributed by atoms with E-state index in [1.54, 1.807) is 30.4 Å². The molecule has 2 heterocycles. The van der Waals surface area contributed by atoms with Gasteiger partial charge in [0.2, 0.25) is 0 Å². The Morgan fingerprint density at radius 1 is 1.07 bits per heavy atom. The van der Waals surface area contributed by atoms with Crippen LogP contribution >= 0.6 is 23.1 Å². The zero-order chi connectivity index (χ0) is 30.3. The van der Waals surface area contributed by atoms with Crippen LogP contribution in [0.4, 0.5) is 0 Å². The van der Waals surface area contributed by atoms with Crippen molar-refractivity contribution in [2.45, 2.75) is 44.2 Å². The van der Waals surface area contributed by atoms with Gasteiger partial charge in [0, 0.05) is 4.90 Å². The molecule has 1 unspecified atom stereocenters. The number of carbonyl (C=O) groups is 1. The summed E-state index contributed by atoms with van der Waals surface area (Å²) in [4.78, 5) is 34.0. The molecule has 0 N–H and O–H groups in total. The van der Waals surface area contributed by atoms with Crippen LogP contribution in [0, 0.1) is 0 Å². The lowest BCUT2D eigenvalue weighted by molar-refractivity contribution is -0.140. The van der Waals surface area contributed by atoms with Crippen LogP contribution in [0.25, 0.3) is 6.08 Å². The molecule has 1 atom stereocenters. The minimum absolute atomic E-state index is 0.124. The zero-order valence-corrected chi connectivity index (χ0v) is 26.3. The maximum absolute atomic E-state index is 14.0. The van der Waals surface area contributed by atoms with Gasteiger partial charge in [0.1, 0.15) is 6.61 Å². The third kappa shape index (κ3) is 6.78. The summed E-state index contributed by atoms with van der Waals surface area (Å²) in [5.41, 5.74) is 3.13. The van der Waals surface area contributed by atoms with E-state index in [4.69, 9.17) is 19.2 Å². The number of esters is 1. The fourth-order valence-corrected chi connectivity index (χ4v) is 6.31. The number of fused-ring (bicyclic) bond motifs is 1. The van der Waals surface area contributed by atoms with Gasteiger partial charge in [-0.25, -0.2) is 9.79 Å². The first-order chi connectivity index (χ1) is 20.9. The van der Waals surface area contributed by atoms with Crippen LogP contribution in [-0.4, -0.2) is 30.5 Å². The third-order valence-electron chi connectivity index (χ3n) is 7.13. The standard InChI is InChI=1S/C34H34N2O5S2/c1-5-6-18-40-27-17-12-24(19-28(27)39-3)20-29-32(37)36-31(25-13-15-26(42-4)16-14-25)30(22(2)35-34(36)43-29)33(38)41-21-23-10-8-7-9-11-23/h7-17,19-20,31H,5-6,18,21H2,1-4H3. The van der Waals surface area contributed by atoms with E-state index in [0.29, 0.717) is 38.7 Å². The van der Waals surface area contributed by atoms with Crippen LogP contribution in [-0.2, 0) is 16.1 Å². The molecule has 0 saturated heterocycles. The van der Waals surface area contributed by atoms with Gasteiger partial charge in [-0.05, 0) is 66.6 Å². The van der Waals surface area contributed by atoms with Crippen molar-refractivity contribution < 1.29 is 19.0 Å². The number of nitrogens with zero attached hydrogens (tertiary/aromatic N) is 2. The maximum atomic E-state index is 14.0. The molecule has 0 spiro atoms. The fraction of sp³-hybridized carbons (Fsp3) is 0.265. The number of allylic oxidation sites excluding steroid dienone is 1. The molecule has 0 bridgehead atoms. The van der Waals surface area contributed by atoms with E-state index in [2.05, 4.69) is 6.92 Å². The number of thioether (sulfide) groups is 1. The third-order valence-corrected chi connectivity index (χ3v) is 8.85. The average Bonchev–Trinajstić information content (AvgIpc) is 3.34. The lowest BCUT2D eigenvalue weighted by Gasteiger charge is -2.25. The molecule has 0 radical (unpaired) electrons. The summed E-state index contributed by atoms with van der Waals surface area (Å²) in [6.07, 6.45) is 5.82. The van der Waals surface area contributed by atoms with Crippen molar-refractivity contribution >= 4 is 35.1 Å². The van der Waals surface area contributed by atoms with Crippen LogP contribution in [0.15, 0.2) is 98.7 Å². The molecule has 222 valence electrons. The largest absolute Gasteiger partial charge is 0.493 e. The van der Waals surface area contributed by atoms with Crippen molar-refractivity contribution in [3.05, 3.63) is 120 Å². The Bertz CT molecular complexity index is 1810. The van der Waals surface area contributed by atoms with Crippen LogP contribution < -0.4 is 24.4 Å². The molecule has 1 aliphatic heterocycles. The first-order valence-corrected chi connectivity index (χ1v) is 16.2. The molecular formula is C34H34N2O5S2. The minimum Gasteiger partial charge on any atom is -0.493 e. The van der Waals surface area contributed by atoms with Gasteiger partial charge in [0.25, 0.3) is 5.56 Å². The van der Waals surface area contributed by atoms with Crippen molar-refractivity contribution in [3.63, 3.8) is 0 Å². The number of thiazole rings is 1. The predicted molar refractivity (Wildman–Crippen MR) is 172 cm³/mol. The summed E-state index contributed by atoms with van der Waals surface area (Å²) in [5.74, 6) is 0.767. The highest BCUT2D eigenvalue weighted by Crippen LogP contribution is 2.32. The van der Waals surface area contributed by atoms with Gasteiger partial charge in [-0.3, -0.25) is 9.36 Å². The van der Waals surface area contributed by atoms with E-state index < -0.39 is 12.0 Å². The molecule has 1 aliphatic rings. The molecular weight excluding hydrogens is 581 g/mol. The highest BCUT2D eigenvalue weighted by atomic mass is 32.2. The Labute approximate surface area is 259 Å². The summed E-state index contributed by atoms with van der Waals surface area (Å²) >= 11 is 2.92. The smallest absolute Gasteiger partial charge is 0.338 e. The van der Waals surface area contributed by atoms with Crippen molar-refractivity contribution in [2.75, 3.05) is 20.0 Å². The number of rotatable bonds is 11. The van der Waals surface area contributed by atoms with Crippen molar-refractivity contribution in [1.82, 2.24) is 4.57 Å². The number of benzene rings is 3. The van der Waals surface area contributed by atoms with Gasteiger partial charge in [0.15, 0.2) is 16.3 Å². The second-order valence-corrected chi connectivity index (χ2v) is 11.9. The van der Waals surface area contributed by atoms with Gasteiger partial charge in [-0.1, -0.05) is 73.2 Å². The normalized spacial score (nSPS) is 14.7. The summed E-state index contributed by atoms with van der Waals surface area (Å²) in [5, 5.41) is 0. The van der Waals surface area contributed by atoms with Gasteiger partial charge < -0.3 is 14.2 Å². The lowest BCUT2D eigenvalue weighted by atomic mass is 9.96. The van der Waals surface area contributed by atoms with Crippen LogP contribution in [0.5, 0.6) is 11.5 Å². The second-order valence-electron chi connectivity index (χ2n) is 10.0. The summed E-state index contributed by atoms with van der Waals surface area (Å²) < 4.78 is 19.3. The van der Waals surface area contributed by atoms with E-state index in [9.17, 15) is 9.59 Å². The number of hydrogen-bond donors (Lipinski definition) is 0. The molecule has 0 fully saturated rings. The minimum atomic E-state index is -0.679. The van der Waals surface area contributed by atoms with Gasteiger partial charge in [-0.2, -0.15) is 0 Å². The van der Waals surface area contributed by atoms with Gasteiger partial charge in [0.05, 0.1) is 35.6 Å². The van der Waals surface area contributed by atoms with Crippen molar-refractivity contribution in [2.24, 2.45) is 4.99 Å². The lowest BCUT2D eigenvalue weighted by Crippen LogP contribution is -2.39. The summed E-state index contributed by atoms with van der Waals surface area (Å²) in [6, 6.07) is 22.4. The fourth-order valence-electron chi connectivity index (χ4n) is 4.86. The van der Waals surface area contributed by atoms with Gasteiger partial charge >= 0.3 is 5.97 Å². The molecule has 0 amide bonds. The summed E-state index contributed by atoms with van der Waals surface area (Å²) in [7, 11) is 1.60. The monoisotopic (exact) mass is 614 g/mol. The molecule has 5 rings (SSSR count). The first kappa shape index (κ1) is 30.4. The van der Waals surface area contributed by atoms with E-state index in [-0.39, 0.29) is 12.2 Å². The first-order valence-electron chi connectivity index (χ1n) is 14.1.